The zero-order valence-electron chi connectivity index (χ0n) is 5.10. The molecule has 0 amide bonds. The molecule has 0 aliphatic carbocycles. The number of hydrogen-bond donors (Lipinski definition) is 1. The molecule has 1 rings (SSSR count). The van der Waals surface area contributed by atoms with Crippen LogP contribution in [0.5, 0.6) is 0 Å². The molecule has 0 radical (unpaired) electrons. The Bertz CT molecular complexity index is 193. The molecule has 0 spiro atoms. The number of allylic oxidation sites excluding steroid dienone is 1. The minimum atomic E-state index is -0.0825. The first-order valence-corrected chi connectivity index (χ1v) is 2.69. The summed E-state index contributed by atoms with van der Waals surface area (Å²) in [5, 5.41) is 2.67. The fourth-order valence-corrected chi connectivity index (χ4v) is 0.671. The van der Waals surface area contributed by atoms with E-state index in [-0.39, 0.29) is 18.1 Å². The van der Waals surface area contributed by atoms with Crippen LogP contribution in [0.15, 0.2) is 11.8 Å². The van der Waals surface area contributed by atoms with Gasteiger partial charge in [-0.2, -0.15) is 0 Å². The van der Waals surface area contributed by atoms with Crippen molar-refractivity contribution in [3.8, 4) is 0 Å². The van der Waals surface area contributed by atoms with E-state index in [2.05, 4.69) is 5.32 Å². The lowest BCUT2D eigenvalue weighted by atomic mass is 10.3. The van der Waals surface area contributed by atoms with Crippen LogP contribution >= 0.6 is 0 Å². The molecule has 0 aromatic rings. The molecule has 0 bridgehead atoms. The summed E-state index contributed by atoms with van der Waals surface area (Å²) in [5.74, 6) is -0.110. The van der Waals surface area contributed by atoms with Gasteiger partial charge >= 0.3 is 0 Å². The van der Waals surface area contributed by atoms with Gasteiger partial charge in [-0.15, -0.1) is 0 Å². The first-order valence-electron chi connectivity index (χ1n) is 2.69. The Kier molecular flexibility index (Phi) is 1.34. The van der Waals surface area contributed by atoms with Gasteiger partial charge in [0.05, 0.1) is 12.2 Å². The second-order valence-corrected chi connectivity index (χ2v) is 1.93. The summed E-state index contributed by atoms with van der Waals surface area (Å²) in [4.78, 5) is 21.0. The average Bonchev–Trinajstić information content (AvgIpc) is 2.14. The van der Waals surface area contributed by atoms with Crippen molar-refractivity contribution >= 4 is 11.6 Å². The highest BCUT2D eigenvalue weighted by Gasteiger charge is 2.12. The predicted octanol–water partition coefficient (Wildman–Crippen LogP) is -0.368. The molecule has 1 heterocycles. The highest BCUT2D eigenvalue weighted by atomic mass is 16.1. The summed E-state index contributed by atoms with van der Waals surface area (Å²) in [6.07, 6.45) is 1.34. The van der Waals surface area contributed by atoms with Crippen LogP contribution < -0.4 is 5.32 Å². The number of carbonyl (C=O) groups excluding carboxylic acids is 2. The first-order chi connectivity index (χ1) is 4.20. The van der Waals surface area contributed by atoms with E-state index in [9.17, 15) is 9.59 Å². The van der Waals surface area contributed by atoms with Gasteiger partial charge in [-0.25, -0.2) is 0 Å². The molecule has 0 fully saturated rings. The number of ketones is 2. The average molecular weight is 125 g/mol. The van der Waals surface area contributed by atoms with E-state index in [0.717, 1.165) is 0 Å². The summed E-state index contributed by atoms with van der Waals surface area (Å²) in [7, 11) is 0. The molecule has 0 aromatic heterocycles. The summed E-state index contributed by atoms with van der Waals surface area (Å²) in [6.45, 7) is 1.70. The second kappa shape index (κ2) is 2.01. The normalized spacial score (nSPS) is 17.0. The zero-order chi connectivity index (χ0) is 6.85. The maximum atomic E-state index is 10.5. The number of nitrogens with one attached hydrogen (secondary N) is 1. The molecule has 0 unspecified atom stereocenters. The van der Waals surface area contributed by atoms with Gasteiger partial charge in [-0.1, -0.05) is 0 Å². The lowest BCUT2D eigenvalue weighted by molar-refractivity contribution is -0.114. The Labute approximate surface area is 52.7 Å². The largest absolute Gasteiger partial charge is 0.375 e. The molecular formula is C6H7NO2. The van der Waals surface area contributed by atoms with E-state index < -0.39 is 0 Å². The van der Waals surface area contributed by atoms with Gasteiger partial charge < -0.3 is 5.32 Å². The standard InChI is InChI=1S/C6H7NO2/c1-4(8)6-2-5(9)3-7-6/h2,7H,3H2,1H3. The van der Waals surface area contributed by atoms with Crippen LogP contribution in [0, 0.1) is 0 Å². The van der Waals surface area contributed by atoms with Gasteiger partial charge in [0.15, 0.2) is 11.6 Å². The summed E-state index contributed by atoms with van der Waals surface area (Å²) < 4.78 is 0. The van der Waals surface area contributed by atoms with Crippen LogP contribution in [-0.2, 0) is 9.59 Å². The van der Waals surface area contributed by atoms with Crippen LogP contribution in [0.1, 0.15) is 6.92 Å². The van der Waals surface area contributed by atoms with Crippen molar-refractivity contribution in [1.82, 2.24) is 5.32 Å². The summed E-state index contributed by atoms with van der Waals surface area (Å²) >= 11 is 0. The molecule has 3 nitrogen and oxygen atoms in total. The van der Waals surface area contributed by atoms with Gasteiger partial charge in [-0.05, 0) is 0 Å². The summed E-state index contributed by atoms with van der Waals surface area (Å²) in [5.41, 5.74) is 0.431. The first kappa shape index (κ1) is 6.01. The Morgan fingerprint density at radius 3 is 2.67 bits per heavy atom. The predicted molar refractivity (Wildman–Crippen MR) is 31.8 cm³/mol. The highest BCUT2D eigenvalue weighted by molar-refractivity contribution is 6.05. The monoisotopic (exact) mass is 125 g/mol. The fraction of sp³-hybridized carbons (Fsp3) is 0.333. The lowest BCUT2D eigenvalue weighted by Crippen LogP contribution is -2.15. The molecule has 3 heteroatoms. The van der Waals surface area contributed by atoms with E-state index in [1.165, 1.54) is 13.0 Å². The highest BCUT2D eigenvalue weighted by Crippen LogP contribution is 1.97. The Morgan fingerprint density at radius 2 is 2.44 bits per heavy atom. The van der Waals surface area contributed by atoms with Crippen LogP contribution in [0.25, 0.3) is 0 Å². The van der Waals surface area contributed by atoms with Gasteiger partial charge in [0, 0.05) is 13.0 Å². The van der Waals surface area contributed by atoms with E-state index in [0.29, 0.717) is 5.70 Å². The topological polar surface area (TPSA) is 46.2 Å². The minimum absolute atomic E-state index is 0.0276. The number of carbonyl (C=O) groups is 2. The number of hydrogen-bond acceptors (Lipinski definition) is 3. The third-order valence-electron chi connectivity index (χ3n) is 1.14. The number of rotatable bonds is 1. The van der Waals surface area contributed by atoms with E-state index in [4.69, 9.17) is 0 Å². The number of Topliss-reactive ketones (excluding diaryl/α,β-unsaturated/α-hetero) is 1. The molecule has 1 aliphatic heterocycles. The lowest BCUT2D eigenvalue weighted by Gasteiger charge is -1.93. The minimum Gasteiger partial charge on any atom is -0.375 e. The third kappa shape index (κ3) is 1.16. The van der Waals surface area contributed by atoms with Crippen molar-refractivity contribution in [1.29, 1.82) is 0 Å². The quantitative estimate of drug-likeness (QED) is 0.520. The Morgan fingerprint density at radius 1 is 1.78 bits per heavy atom. The molecule has 0 atom stereocenters. The van der Waals surface area contributed by atoms with Crippen LogP contribution in [0.2, 0.25) is 0 Å². The van der Waals surface area contributed by atoms with Gasteiger partial charge in [0.25, 0.3) is 0 Å². The van der Waals surface area contributed by atoms with Gasteiger partial charge in [0.2, 0.25) is 0 Å². The van der Waals surface area contributed by atoms with Crippen molar-refractivity contribution in [3.63, 3.8) is 0 Å². The van der Waals surface area contributed by atoms with E-state index in [1.54, 1.807) is 0 Å². The van der Waals surface area contributed by atoms with Crippen molar-refractivity contribution in [2.45, 2.75) is 6.92 Å². The van der Waals surface area contributed by atoms with Crippen molar-refractivity contribution in [2.24, 2.45) is 0 Å². The molecule has 1 aliphatic rings. The molecule has 1 N–H and O–H groups in total. The SMILES string of the molecule is CC(=O)C1=CC(=O)CN1. The van der Waals surface area contributed by atoms with Crippen molar-refractivity contribution in [3.05, 3.63) is 11.8 Å². The summed E-state index contributed by atoms with van der Waals surface area (Å²) in [6, 6.07) is 0. The third-order valence-corrected chi connectivity index (χ3v) is 1.14. The van der Waals surface area contributed by atoms with Crippen molar-refractivity contribution < 1.29 is 9.59 Å². The molecule has 0 saturated carbocycles. The van der Waals surface area contributed by atoms with Crippen LogP contribution in [0.4, 0.5) is 0 Å². The molecular weight excluding hydrogens is 118 g/mol. The Hall–Kier alpha value is -1.12. The van der Waals surface area contributed by atoms with Gasteiger partial charge in [-0.3, -0.25) is 9.59 Å². The fourth-order valence-electron chi connectivity index (χ4n) is 0.671. The smallest absolute Gasteiger partial charge is 0.176 e. The molecule has 48 valence electrons. The van der Waals surface area contributed by atoms with Gasteiger partial charge in [0.1, 0.15) is 0 Å². The van der Waals surface area contributed by atoms with Crippen LogP contribution in [-0.4, -0.2) is 18.1 Å². The van der Waals surface area contributed by atoms with Crippen LogP contribution in [0.3, 0.4) is 0 Å². The Balaban J connectivity index is 2.74. The molecule has 0 saturated heterocycles. The maximum Gasteiger partial charge on any atom is 0.176 e. The molecule has 0 aromatic carbocycles. The maximum absolute atomic E-state index is 10.5. The van der Waals surface area contributed by atoms with E-state index >= 15 is 0 Å². The molecule has 9 heavy (non-hydrogen) atoms. The zero-order valence-corrected chi connectivity index (χ0v) is 5.10. The second-order valence-electron chi connectivity index (χ2n) is 1.93. The van der Waals surface area contributed by atoms with Crippen molar-refractivity contribution in [2.75, 3.05) is 6.54 Å². The van der Waals surface area contributed by atoms with E-state index in [1.807, 2.05) is 0 Å².